The van der Waals surface area contributed by atoms with E-state index < -0.39 is 0 Å². The fourth-order valence-corrected chi connectivity index (χ4v) is 3.57. The number of benzene rings is 2. The first-order chi connectivity index (χ1) is 14.5. The molecule has 3 aromatic rings. The van der Waals surface area contributed by atoms with E-state index in [9.17, 15) is 9.90 Å². The van der Waals surface area contributed by atoms with Gasteiger partial charge in [0.2, 0.25) is 5.75 Å². The van der Waals surface area contributed by atoms with Crippen molar-refractivity contribution in [2.24, 2.45) is 0 Å². The van der Waals surface area contributed by atoms with E-state index >= 15 is 0 Å². The van der Waals surface area contributed by atoms with Crippen molar-refractivity contribution in [2.75, 3.05) is 6.61 Å². The van der Waals surface area contributed by atoms with Crippen LogP contribution in [0.2, 0.25) is 0 Å². The number of aromatic hydroxyl groups is 1. The van der Waals surface area contributed by atoms with Gasteiger partial charge in [-0.15, -0.1) is 0 Å². The number of hydrogen-bond acceptors (Lipinski definition) is 4. The summed E-state index contributed by atoms with van der Waals surface area (Å²) in [5.74, 6) is 0.795. The quantitative estimate of drug-likeness (QED) is 0.428. The van der Waals surface area contributed by atoms with Crippen LogP contribution in [0.3, 0.4) is 0 Å². The molecule has 1 heterocycles. The number of unbranched alkanes of at least 4 members (excludes halogenated alkanes) is 3. The van der Waals surface area contributed by atoms with Gasteiger partial charge in [-0.05, 0) is 38.0 Å². The van der Waals surface area contributed by atoms with E-state index in [0.29, 0.717) is 17.9 Å². The van der Waals surface area contributed by atoms with Crippen molar-refractivity contribution in [2.45, 2.75) is 59.1 Å². The maximum atomic E-state index is 13.4. The molecular weight excluding hydrogens is 378 g/mol. The van der Waals surface area contributed by atoms with E-state index in [4.69, 9.17) is 9.47 Å². The molecule has 0 fully saturated rings. The van der Waals surface area contributed by atoms with E-state index in [-0.39, 0.29) is 29.7 Å². The largest absolute Gasteiger partial charge is 0.508 e. The zero-order valence-corrected chi connectivity index (χ0v) is 18.1. The van der Waals surface area contributed by atoms with Crippen LogP contribution >= 0.6 is 0 Å². The fraction of sp³-hybridized carbons (Fsp3) is 0.400. The van der Waals surface area contributed by atoms with Crippen LogP contribution in [0.4, 0.5) is 0 Å². The zero-order chi connectivity index (χ0) is 21.5. The first kappa shape index (κ1) is 21.8. The van der Waals surface area contributed by atoms with Gasteiger partial charge in [0.1, 0.15) is 12.4 Å². The van der Waals surface area contributed by atoms with Gasteiger partial charge in [0.05, 0.1) is 12.1 Å². The Morgan fingerprint density at radius 1 is 0.967 bits per heavy atom. The van der Waals surface area contributed by atoms with Gasteiger partial charge < -0.3 is 19.1 Å². The van der Waals surface area contributed by atoms with E-state index in [1.165, 1.54) is 0 Å². The summed E-state index contributed by atoms with van der Waals surface area (Å²) in [4.78, 5) is 13.4. The highest BCUT2D eigenvalue weighted by atomic mass is 16.5. The molecule has 5 nitrogen and oxygen atoms in total. The van der Waals surface area contributed by atoms with Crippen molar-refractivity contribution in [3.63, 3.8) is 0 Å². The summed E-state index contributed by atoms with van der Waals surface area (Å²) in [6, 6.07) is 14.7. The molecule has 0 aliphatic heterocycles. The minimum absolute atomic E-state index is 0.0977. The fourth-order valence-electron chi connectivity index (χ4n) is 3.57. The van der Waals surface area contributed by atoms with Crippen molar-refractivity contribution >= 4 is 10.9 Å². The summed E-state index contributed by atoms with van der Waals surface area (Å²) < 4.78 is 13.8. The topological polar surface area (TPSA) is 60.7 Å². The van der Waals surface area contributed by atoms with Crippen molar-refractivity contribution in [3.8, 4) is 17.2 Å². The number of phenols is 1. The summed E-state index contributed by atoms with van der Waals surface area (Å²) >= 11 is 0. The predicted molar refractivity (Wildman–Crippen MR) is 121 cm³/mol. The molecule has 0 aliphatic carbocycles. The van der Waals surface area contributed by atoms with Gasteiger partial charge in [-0.2, -0.15) is 0 Å². The molecule has 160 valence electrons. The lowest BCUT2D eigenvalue weighted by Gasteiger charge is -2.20. The van der Waals surface area contributed by atoms with E-state index in [1.807, 2.05) is 44.2 Å². The Morgan fingerprint density at radius 3 is 2.43 bits per heavy atom. The predicted octanol–water partition coefficient (Wildman–Crippen LogP) is 5.83. The second-order valence-corrected chi connectivity index (χ2v) is 7.81. The lowest BCUT2D eigenvalue weighted by Crippen LogP contribution is -2.25. The summed E-state index contributed by atoms with van der Waals surface area (Å²) in [7, 11) is 0. The number of rotatable bonds is 10. The Kier molecular flexibility index (Phi) is 7.39. The average Bonchev–Trinajstić information content (AvgIpc) is 2.73. The Hall–Kier alpha value is -2.95. The molecule has 0 saturated heterocycles. The third-order valence-corrected chi connectivity index (χ3v) is 5.09. The SMILES string of the molecule is CCCCCCOc1c(OCc2ccccc2)c(=O)n(C(C)C)c2cc(O)ccc12. The number of phenolic OH excluding ortho intramolecular Hbond substituents is 1. The summed E-state index contributed by atoms with van der Waals surface area (Å²) in [6.07, 6.45) is 4.31. The molecule has 1 N–H and O–H groups in total. The number of ether oxygens (including phenoxy) is 2. The van der Waals surface area contributed by atoms with Crippen molar-refractivity contribution in [1.29, 1.82) is 0 Å². The van der Waals surface area contributed by atoms with Crippen LogP contribution in [0.5, 0.6) is 17.2 Å². The second kappa shape index (κ2) is 10.2. The molecule has 0 saturated carbocycles. The maximum absolute atomic E-state index is 13.4. The van der Waals surface area contributed by atoms with Crippen LogP contribution in [0.1, 0.15) is 58.1 Å². The molecule has 0 bridgehead atoms. The van der Waals surface area contributed by atoms with Crippen LogP contribution < -0.4 is 15.0 Å². The number of aromatic nitrogens is 1. The van der Waals surface area contributed by atoms with E-state index in [2.05, 4.69) is 6.92 Å². The average molecular weight is 410 g/mol. The first-order valence-corrected chi connectivity index (χ1v) is 10.7. The number of hydrogen-bond donors (Lipinski definition) is 1. The molecule has 2 aromatic carbocycles. The van der Waals surface area contributed by atoms with E-state index in [1.54, 1.807) is 22.8 Å². The molecule has 0 amide bonds. The number of fused-ring (bicyclic) bond motifs is 1. The molecule has 0 atom stereocenters. The third-order valence-electron chi connectivity index (χ3n) is 5.09. The van der Waals surface area contributed by atoms with Gasteiger partial charge in [0.15, 0.2) is 5.75 Å². The van der Waals surface area contributed by atoms with Crippen LogP contribution in [0.15, 0.2) is 53.3 Å². The van der Waals surface area contributed by atoms with Crippen LogP contribution in [0.25, 0.3) is 10.9 Å². The zero-order valence-electron chi connectivity index (χ0n) is 18.1. The molecule has 30 heavy (non-hydrogen) atoms. The summed E-state index contributed by atoms with van der Waals surface area (Å²) in [5.41, 5.74) is 1.38. The Labute approximate surface area is 177 Å². The third kappa shape index (κ3) is 4.96. The smallest absolute Gasteiger partial charge is 0.297 e. The maximum Gasteiger partial charge on any atom is 0.297 e. The Balaban J connectivity index is 2.05. The highest BCUT2D eigenvalue weighted by Gasteiger charge is 2.21. The van der Waals surface area contributed by atoms with Gasteiger partial charge in [-0.3, -0.25) is 4.79 Å². The second-order valence-electron chi connectivity index (χ2n) is 7.81. The van der Waals surface area contributed by atoms with Gasteiger partial charge in [-0.1, -0.05) is 56.5 Å². The first-order valence-electron chi connectivity index (χ1n) is 10.7. The normalized spacial score (nSPS) is 11.2. The highest BCUT2D eigenvalue weighted by molar-refractivity contribution is 5.89. The number of pyridine rings is 1. The Bertz CT molecular complexity index is 1020. The molecule has 0 radical (unpaired) electrons. The molecule has 0 unspecified atom stereocenters. The van der Waals surface area contributed by atoms with Gasteiger partial charge in [0.25, 0.3) is 5.56 Å². The minimum Gasteiger partial charge on any atom is -0.508 e. The molecule has 3 rings (SSSR count). The lowest BCUT2D eigenvalue weighted by atomic mass is 10.1. The minimum atomic E-state index is -0.248. The summed E-state index contributed by atoms with van der Waals surface area (Å²) in [6.45, 7) is 6.85. The lowest BCUT2D eigenvalue weighted by molar-refractivity contribution is 0.254. The molecule has 5 heteroatoms. The van der Waals surface area contributed by atoms with Crippen LogP contribution in [-0.2, 0) is 6.61 Å². The monoisotopic (exact) mass is 409 g/mol. The molecule has 0 aliphatic rings. The van der Waals surface area contributed by atoms with Gasteiger partial charge >= 0.3 is 0 Å². The van der Waals surface area contributed by atoms with E-state index in [0.717, 1.165) is 36.6 Å². The molecule has 0 spiro atoms. The van der Waals surface area contributed by atoms with Crippen LogP contribution in [0, 0.1) is 0 Å². The Morgan fingerprint density at radius 2 is 1.73 bits per heavy atom. The molecule has 1 aromatic heterocycles. The standard InChI is InChI=1S/C25H31NO4/c1-4-5-6-10-15-29-23-21-14-13-20(27)16-22(21)26(18(2)3)25(28)24(23)30-17-19-11-8-7-9-12-19/h7-9,11-14,16,18,27H,4-6,10,15,17H2,1-3H3. The number of nitrogens with zero attached hydrogens (tertiary/aromatic N) is 1. The van der Waals surface area contributed by atoms with Crippen molar-refractivity contribution < 1.29 is 14.6 Å². The van der Waals surface area contributed by atoms with Crippen molar-refractivity contribution in [1.82, 2.24) is 4.57 Å². The van der Waals surface area contributed by atoms with Crippen molar-refractivity contribution in [3.05, 3.63) is 64.4 Å². The summed E-state index contributed by atoms with van der Waals surface area (Å²) in [5, 5.41) is 10.8. The van der Waals surface area contributed by atoms with Gasteiger partial charge in [-0.25, -0.2) is 0 Å². The van der Waals surface area contributed by atoms with Gasteiger partial charge in [0, 0.05) is 17.5 Å². The highest BCUT2D eigenvalue weighted by Crippen LogP contribution is 2.36. The molecular formula is C25H31NO4. The van der Waals surface area contributed by atoms with Crippen LogP contribution in [-0.4, -0.2) is 16.3 Å².